The fourth-order valence-electron chi connectivity index (χ4n) is 4.27. The largest absolute Gasteiger partial charge is 0.497 e. The van der Waals surface area contributed by atoms with E-state index in [0.717, 1.165) is 64.5 Å². The Morgan fingerprint density at radius 3 is 2.76 bits per heavy atom. The van der Waals surface area contributed by atoms with Crippen LogP contribution < -0.4 is 4.74 Å². The second-order valence-corrected chi connectivity index (χ2v) is 7.21. The van der Waals surface area contributed by atoms with Gasteiger partial charge in [-0.3, -0.25) is 4.90 Å². The molecule has 3 aliphatic heterocycles. The quantitative estimate of drug-likeness (QED) is 0.835. The molecular weight excluding hydrogens is 318 g/mol. The lowest BCUT2D eigenvalue weighted by atomic mass is 10.1. The number of hydrogen-bond acceptors (Lipinski definition) is 4. The van der Waals surface area contributed by atoms with Crippen molar-refractivity contribution in [3.05, 3.63) is 29.8 Å². The summed E-state index contributed by atoms with van der Waals surface area (Å²) in [5.41, 5.74) is 1.26. The number of rotatable bonds is 4. The van der Waals surface area contributed by atoms with Crippen LogP contribution in [-0.4, -0.2) is 79.3 Å². The molecule has 4 rings (SSSR count). The summed E-state index contributed by atoms with van der Waals surface area (Å²) >= 11 is 0. The van der Waals surface area contributed by atoms with Crippen LogP contribution in [0.15, 0.2) is 24.3 Å². The van der Waals surface area contributed by atoms with Gasteiger partial charge in [0.25, 0.3) is 0 Å². The number of benzene rings is 1. The molecule has 6 nitrogen and oxygen atoms in total. The van der Waals surface area contributed by atoms with Gasteiger partial charge in [-0.2, -0.15) is 0 Å². The van der Waals surface area contributed by atoms with E-state index >= 15 is 0 Å². The lowest BCUT2D eigenvalue weighted by Gasteiger charge is -2.36. The smallest absolute Gasteiger partial charge is 0.320 e. The van der Waals surface area contributed by atoms with E-state index in [1.165, 1.54) is 5.56 Å². The van der Waals surface area contributed by atoms with Crippen LogP contribution in [0.25, 0.3) is 0 Å². The fourth-order valence-corrected chi connectivity index (χ4v) is 4.27. The Bertz CT molecular complexity index is 618. The maximum absolute atomic E-state index is 12.8. The first kappa shape index (κ1) is 16.7. The molecule has 0 bridgehead atoms. The van der Waals surface area contributed by atoms with Gasteiger partial charge in [0.2, 0.25) is 0 Å². The van der Waals surface area contributed by atoms with Crippen LogP contribution in [0.5, 0.6) is 5.75 Å². The molecule has 1 aromatic carbocycles. The van der Waals surface area contributed by atoms with Gasteiger partial charge < -0.3 is 19.3 Å². The minimum absolute atomic E-state index is 0.234. The summed E-state index contributed by atoms with van der Waals surface area (Å²) in [6.07, 6.45) is 1.94. The van der Waals surface area contributed by atoms with Crippen LogP contribution in [0, 0.1) is 0 Å². The second-order valence-electron chi connectivity index (χ2n) is 7.21. The van der Waals surface area contributed by atoms with Crippen LogP contribution in [0.2, 0.25) is 0 Å². The predicted molar refractivity (Wildman–Crippen MR) is 94.7 cm³/mol. The van der Waals surface area contributed by atoms with Gasteiger partial charge in [0.1, 0.15) is 5.75 Å². The van der Waals surface area contributed by atoms with E-state index < -0.39 is 0 Å². The lowest BCUT2D eigenvalue weighted by molar-refractivity contribution is 0.0504. The second kappa shape index (κ2) is 7.22. The third kappa shape index (κ3) is 3.46. The molecule has 2 amide bonds. The molecule has 0 aliphatic carbocycles. The molecule has 3 fully saturated rings. The molecule has 0 unspecified atom stereocenters. The number of nitrogens with zero attached hydrogens (tertiary/aromatic N) is 3. The summed E-state index contributed by atoms with van der Waals surface area (Å²) in [4.78, 5) is 19.4. The predicted octanol–water partition coefficient (Wildman–Crippen LogP) is 1.80. The Balaban J connectivity index is 1.38. The summed E-state index contributed by atoms with van der Waals surface area (Å²) in [5.74, 6) is 0.901. The van der Waals surface area contributed by atoms with Crippen molar-refractivity contribution in [2.24, 2.45) is 0 Å². The topological polar surface area (TPSA) is 45.2 Å². The van der Waals surface area contributed by atoms with Crippen LogP contribution in [0.1, 0.15) is 18.4 Å². The highest BCUT2D eigenvalue weighted by atomic mass is 16.5. The number of amides is 2. The van der Waals surface area contributed by atoms with Crippen LogP contribution in [0.3, 0.4) is 0 Å². The average molecular weight is 345 g/mol. The molecule has 0 N–H and O–H groups in total. The molecule has 1 aromatic rings. The number of hydrogen-bond donors (Lipinski definition) is 0. The van der Waals surface area contributed by atoms with Gasteiger partial charge in [-0.25, -0.2) is 4.79 Å². The third-order valence-corrected chi connectivity index (χ3v) is 5.64. The van der Waals surface area contributed by atoms with Crippen LogP contribution in [0.4, 0.5) is 4.79 Å². The zero-order valence-corrected chi connectivity index (χ0v) is 14.9. The minimum atomic E-state index is 0.234. The Morgan fingerprint density at radius 1 is 1.12 bits per heavy atom. The van der Waals surface area contributed by atoms with Gasteiger partial charge >= 0.3 is 6.03 Å². The number of carbonyl (C=O) groups excluding carboxylic acids is 1. The van der Waals surface area contributed by atoms with Crippen molar-refractivity contribution in [2.45, 2.75) is 31.5 Å². The highest BCUT2D eigenvalue weighted by Crippen LogP contribution is 2.27. The summed E-state index contributed by atoms with van der Waals surface area (Å²) in [6, 6.07) is 9.16. The first-order valence-electron chi connectivity index (χ1n) is 9.25. The first-order valence-corrected chi connectivity index (χ1v) is 9.25. The fraction of sp³-hybridized carbons (Fsp3) is 0.632. The third-order valence-electron chi connectivity index (χ3n) is 5.64. The minimum Gasteiger partial charge on any atom is -0.497 e. The molecule has 3 saturated heterocycles. The van der Waals surface area contributed by atoms with E-state index in [0.29, 0.717) is 12.1 Å². The van der Waals surface area contributed by atoms with Crippen LogP contribution in [-0.2, 0) is 11.3 Å². The normalized spacial score (nSPS) is 25.3. The Kier molecular flexibility index (Phi) is 4.81. The van der Waals surface area contributed by atoms with Gasteiger partial charge in [-0.15, -0.1) is 0 Å². The maximum atomic E-state index is 12.8. The van der Waals surface area contributed by atoms with Gasteiger partial charge in [-0.05, 0) is 30.5 Å². The molecule has 25 heavy (non-hydrogen) atoms. The van der Waals surface area contributed by atoms with Gasteiger partial charge in [-0.1, -0.05) is 12.1 Å². The van der Waals surface area contributed by atoms with E-state index in [9.17, 15) is 4.79 Å². The molecule has 3 aliphatic rings. The van der Waals surface area contributed by atoms with Crippen molar-refractivity contribution in [3.8, 4) is 5.75 Å². The van der Waals surface area contributed by atoms with Gasteiger partial charge in [0.15, 0.2) is 0 Å². The SMILES string of the molecule is COc1cccc(CN2CCN3C(=O)N(C4CCOCC4)C[C@H]3C2)c1. The number of urea groups is 1. The van der Waals surface area contributed by atoms with Gasteiger partial charge in [0.05, 0.1) is 13.2 Å². The highest BCUT2D eigenvalue weighted by Gasteiger charge is 2.43. The van der Waals surface area contributed by atoms with E-state index in [1.807, 2.05) is 12.1 Å². The van der Waals surface area contributed by atoms with Crippen molar-refractivity contribution in [3.63, 3.8) is 0 Å². The van der Waals surface area contributed by atoms with Crippen molar-refractivity contribution in [1.29, 1.82) is 0 Å². The Hall–Kier alpha value is -1.79. The molecule has 3 heterocycles. The lowest BCUT2D eigenvalue weighted by Crippen LogP contribution is -2.51. The summed E-state index contributed by atoms with van der Waals surface area (Å²) in [6.45, 7) is 6.03. The number of ether oxygens (including phenoxy) is 2. The monoisotopic (exact) mass is 345 g/mol. The van der Waals surface area contributed by atoms with E-state index in [-0.39, 0.29) is 6.03 Å². The van der Waals surface area contributed by atoms with Crippen molar-refractivity contribution in [1.82, 2.24) is 14.7 Å². The van der Waals surface area contributed by atoms with Crippen molar-refractivity contribution < 1.29 is 14.3 Å². The van der Waals surface area contributed by atoms with Crippen LogP contribution >= 0.6 is 0 Å². The number of piperazine rings is 1. The average Bonchev–Trinajstić information content (AvgIpc) is 2.99. The number of fused-ring (bicyclic) bond motifs is 1. The van der Waals surface area contributed by atoms with E-state index in [1.54, 1.807) is 7.11 Å². The molecule has 0 radical (unpaired) electrons. The summed E-state index contributed by atoms with van der Waals surface area (Å²) in [5, 5.41) is 0. The number of carbonyl (C=O) groups is 1. The zero-order valence-electron chi connectivity index (χ0n) is 14.9. The summed E-state index contributed by atoms with van der Waals surface area (Å²) < 4.78 is 10.8. The molecule has 0 saturated carbocycles. The van der Waals surface area contributed by atoms with E-state index in [4.69, 9.17) is 9.47 Å². The molecular formula is C19H27N3O3. The number of methoxy groups -OCH3 is 1. The molecule has 1 atom stereocenters. The molecule has 136 valence electrons. The highest BCUT2D eigenvalue weighted by molar-refractivity contribution is 5.77. The Morgan fingerprint density at radius 2 is 1.96 bits per heavy atom. The van der Waals surface area contributed by atoms with Crippen molar-refractivity contribution in [2.75, 3.05) is 46.5 Å². The standard InChI is InChI=1S/C19H27N3O3/c1-24-18-4-2-3-15(11-18)12-20-7-8-21-17(13-20)14-22(19(21)23)16-5-9-25-10-6-16/h2-4,11,16-17H,5-10,12-14H2,1H3/t17-/m1/s1. The van der Waals surface area contributed by atoms with Crippen molar-refractivity contribution >= 4 is 6.03 Å². The van der Waals surface area contributed by atoms with Gasteiger partial charge in [0, 0.05) is 52.0 Å². The molecule has 0 spiro atoms. The summed E-state index contributed by atoms with van der Waals surface area (Å²) in [7, 11) is 1.70. The zero-order chi connectivity index (χ0) is 17.2. The Labute approximate surface area is 149 Å². The molecule has 6 heteroatoms. The molecule has 0 aromatic heterocycles. The first-order chi connectivity index (χ1) is 12.2. The van der Waals surface area contributed by atoms with E-state index in [2.05, 4.69) is 26.8 Å². The maximum Gasteiger partial charge on any atom is 0.320 e.